The van der Waals surface area contributed by atoms with Crippen molar-refractivity contribution in [1.29, 1.82) is 0 Å². The first-order valence-electron chi connectivity index (χ1n) is 9.63. The Morgan fingerprint density at radius 2 is 1.77 bits per heavy atom. The highest BCUT2D eigenvalue weighted by Gasteiger charge is 2.24. The van der Waals surface area contributed by atoms with Crippen molar-refractivity contribution in [3.05, 3.63) is 70.4 Å². The largest absolute Gasteiger partial charge is 0.486 e. The maximum absolute atomic E-state index is 13.5. The monoisotopic (exact) mass is 458 g/mol. The highest BCUT2D eigenvalue weighted by Crippen LogP contribution is 2.35. The molecule has 0 fully saturated rings. The zero-order valence-electron chi connectivity index (χ0n) is 17.1. The van der Waals surface area contributed by atoms with Crippen molar-refractivity contribution in [1.82, 2.24) is 4.31 Å². The number of hydrogen-bond acceptors (Lipinski definition) is 6. The van der Waals surface area contributed by atoms with Crippen LogP contribution < -0.4 is 14.4 Å². The fraction of sp³-hybridized carbons (Fsp3) is 0.227. The van der Waals surface area contributed by atoms with Gasteiger partial charge in [0.05, 0.1) is 11.4 Å². The molecule has 31 heavy (non-hydrogen) atoms. The van der Waals surface area contributed by atoms with Gasteiger partial charge in [0.1, 0.15) is 13.2 Å². The zero-order valence-corrected chi connectivity index (χ0v) is 18.8. The number of nitrogens with zero attached hydrogens (tertiary/aromatic N) is 2. The molecule has 0 N–H and O–H groups in total. The molecule has 2 aromatic carbocycles. The van der Waals surface area contributed by atoms with Crippen LogP contribution in [0.5, 0.6) is 11.5 Å². The van der Waals surface area contributed by atoms with Gasteiger partial charge in [-0.05, 0) is 41.8 Å². The molecule has 0 saturated carbocycles. The van der Waals surface area contributed by atoms with E-state index >= 15 is 0 Å². The van der Waals surface area contributed by atoms with Crippen LogP contribution in [-0.2, 0) is 16.6 Å². The van der Waals surface area contributed by atoms with Crippen LogP contribution in [-0.4, -0.2) is 45.9 Å². The molecule has 9 heteroatoms. The molecule has 7 nitrogen and oxygen atoms in total. The van der Waals surface area contributed by atoms with Gasteiger partial charge in [0.25, 0.3) is 5.91 Å². The van der Waals surface area contributed by atoms with Crippen LogP contribution in [0.3, 0.4) is 0 Å². The Bertz CT molecular complexity index is 1190. The maximum atomic E-state index is 13.5. The van der Waals surface area contributed by atoms with Crippen molar-refractivity contribution >= 4 is 33.0 Å². The summed E-state index contributed by atoms with van der Waals surface area (Å²) in [5.41, 5.74) is 0.929. The second-order valence-corrected chi connectivity index (χ2v) is 10.3. The minimum absolute atomic E-state index is 0.0709. The molecule has 4 rings (SSSR count). The SMILES string of the molecule is CN(C)S(=O)(=O)c1cccc(C(=O)N(Cc2cccs2)c2ccc3c(c2)OCCO3)c1. The summed E-state index contributed by atoms with van der Waals surface area (Å²) in [7, 11) is -0.736. The third-order valence-corrected chi connectivity index (χ3v) is 7.51. The smallest absolute Gasteiger partial charge is 0.258 e. The second-order valence-electron chi connectivity index (χ2n) is 7.11. The van der Waals surface area contributed by atoms with Crippen molar-refractivity contribution in [3.63, 3.8) is 0 Å². The number of fused-ring (bicyclic) bond motifs is 1. The van der Waals surface area contributed by atoms with E-state index in [1.54, 1.807) is 46.6 Å². The van der Waals surface area contributed by atoms with E-state index in [1.807, 2.05) is 17.5 Å². The molecular weight excluding hydrogens is 436 g/mol. The van der Waals surface area contributed by atoms with E-state index in [2.05, 4.69) is 0 Å². The number of anilines is 1. The Kier molecular flexibility index (Phi) is 5.99. The van der Waals surface area contributed by atoms with Gasteiger partial charge >= 0.3 is 0 Å². The van der Waals surface area contributed by atoms with E-state index in [-0.39, 0.29) is 16.4 Å². The number of rotatable bonds is 6. The van der Waals surface area contributed by atoms with E-state index in [4.69, 9.17) is 9.47 Å². The van der Waals surface area contributed by atoms with Crippen LogP contribution in [0.1, 0.15) is 15.2 Å². The van der Waals surface area contributed by atoms with Gasteiger partial charge in [-0.25, -0.2) is 12.7 Å². The van der Waals surface area contributed by atoms with Gasteiger partial charge < -0.3 is 14.4 Å². The number of amides is 1. The van der Waals surface area contributed by atoms with Gasteiger partial charge in [-0.3, -0.25) is 4.79 Å². The molecule has 1 aliphatic rings. The van der Waals surface area contributed by atoms with Crippen LogP contribution in [0.2, 0.25) is 0 Å². The lowest BCUT2D eigenvalue weighted by Gasteiger charge is -2.25. The summed E-state index contributed by atoms with van der Waals surface area (Å²) in [6, 6.07) is 15.3. The Labute approximate surface area is 185 Å². The molecule has 0 atom stereocenters. The van der Waals surface area contributed by atoms with Crippen molar-refractivity contribution in [2.45, 2.75) is 11.4 Å². The summed E-state index contributed by atoms with van der Waals surface area (Å²) in [5.74, 6) is 0.912. The van der Waals surface area contributed by atoms with Gasteiger partial charge in [-0.1, -0.05) is 12.1 Å². The second kappa shape index (κ2) is 8.70. The fourth-order valence-electron chi connectivity index (χ4n) is 3.19. The molecule has 1 aliphatic heterocycles. The number of benzene rings is 2. The molecule has 1 amide bonds. The average molecular weight is 459 g/mol. The van der Waals surface area contributed by atoms with Crippen LogP contribution >= 0.6 is 11.3 Å². The van der Waals surface area contributed by atoms with Crippen molar-refractivity contribution in [2.75, 3.05) is 32.2 Å². The topological polar surface area (TPSA) is 76.2 Å². The number of hydrogen-bond donors (Lipinski definition) is 0. The Morgan fingerprint density at radius 1 is 1.00 bits per heavy atom. The quantitative estimate of drug-likeness (QED) is 0.564. The number of ether oxygens (including phenoxy) is 2. The van der Waals surface area contributed by atoms with Gasteiger partial charge in [-0.2, -0.15) is 0 Å². The molecule has 162 valence electrons. The predicted octanol–water partition coefficient (Wildman–Crippen LogP) is 3.62. The molecule has 0 unspecified atom stereocenters. The minimum Gasteiger partial charge on any atom is -0.486 e. The van der Waals surface area contributed by atoms with E-state index in [0.29, 0.717) is 36.9 Å². The van der Waals surface area contributed by atoms with E-state index < -0.39 is 10.0 Å². The van der Waals surface area contributed by atoms with Gasteiger partial charge in [0.15, 0.2) is 11.5 Å². The maximum Gasteiger partial charge on any atom is 0.258 e. The summed E-state index contributed by atoms with van der Waals surface area (Å²) < 4.78 is 37.5. The average Bonchev–Trinajstić information content (AvgIpc) is 3.30. The summed E-state index contributed by atoms with van der Waals surface area (Å²) in [6.07, 6.45) is 0. The minimum atomic E-state index is -3.66. The third-order valence-electron chi connectivity index (χ3n) is 4.84. The normalized spacial score (nSPS) is 13.3. The molecule has 0 radical (unpaired) electrons. The predicted molar refractivity (Wildman–Crippen MR) is 120 cm³/mol. The van der Waals surface area contributed by atoms with Crippen LogP contribution in [0.4, 0.5) is 5.69 Å². The number of carbonyl (C=O) groups excluding carboxylic acids is 1. The number of carbonyl (C=O) groups is 1. The lowest BCUT2D eigenvalue weighted by Crippen LogP contribution is -2.30. The highest BCUT2D eigenvalue weighted by atomic mass is 32.2. The Morgan fingerprint density at radius 3 is 2.48 bits per heavy atom. The first-order chi connectivity index (χ1) is 14.9. The van der Waals surface area contributed by atoms with E-state index in [9.17, 15) is 13.2 Å². The van der Waals surface area contributed by atoms with E-state index in [0.717, 1.165) is 9.18 Å². The summed E-state index contributed by atoms with van der Waals surface area (Å²) in [5, 5.41) is 1.95. The Hall–Kier alpha value is -2.88. The summed E-state index contributed by atoms with van der Waals surface area (Å²) >= 11 is 1.55. The molecule has 0 bridgehead atoms. The lowest BCUT2D eigenvalue weighted by atomic mass is 10.1. The molecule has 0 aliphatic carbocycles. The highest BCUT2D eigenvalue weighted by molar-refractivity contribution is 7.89. The summed E-state index contributed by atoms with van der Waals surface area (Å²) in [4.78, 5) is 16.2. The lowest BCUT2D eigenvalue weighted by molar-refractivity contribution is 0.0985. The summed E-state index contributed by atoms with van der Waals surface area (Å²) in [6.45, 7) is 1.28. The standard InChI is InChI=1S/C22H22N2O5S2/c1-23(2)31(26,27)19-7-3-5-16(13-19)22(25)24(15-18-6-4-12-30-18)17-8-9-20-21(14-17)29-11-10-28-20/h3-9,12-14H,10-11,15H2,1-2H3. The van der Waals surface area contributed by atoms with Crippen molar-refractivity contribution in [3.8, 4) is 11.5 Å². The third kappa shape index (κ3) is 4.43. The fourth-order valence-corrected chi connectivity index (χ4v) is 4.84. The van der Waals surface area contributed by atoms with Crippen LogP contribution in [0.15, 0.2) is 64.9 Å². The molecule has 1 aromatic heterocycles. The van der Waals surface area contributed by atoms with Crippen molar-refractivity contribution in [2.24, 2.45) is 0 Å². The molecular formula is C22H22N2O5S2. The number of thiophene rings is 1. The molecule has 2 heterocycles. The van der Waals surface area contributed by atoms with Gasteiger partial charge in [-0.15, -0.1) is 11.3 Å². The number of sulfonamides is 1. The van der Waals surface area contributed by atoms with Gasteiger partial charge in [0.2, 0.25) is 10.0 Å². The molecule has 3 aromatic rings. The van der Waals surface area contributed by atoms with Crippen LogP contribution in [0, 0.1) is 0 Å². The van der Waals surface area contributed by atoms with Crippen LogP contribution in [0.25, 0.3) is 0 Å². The molecule has 0 saturated heterocycles. The van der Waals surface area contributed by atoms with Crippen molar-refractivity contribution < 1.29 is 22.7 Å². The van der Waals surface area contributed by atoms with E-state index in [1.165, 1.54) is 26.2 Å². The first kappa shape index (κ1) is 21.4. The zero-order chi connectivity index (χ0) is 22.0. The van der Waals surface area contributed by atoms with Gasteiger partial charge in [0, 0.05) is 36.3 Å². The Balaban J connectivity index is 1.73. The molecule has 0 spiro atoms. The first-order valence-corrected chi connectivity index (χ1v) is 11.9.